The first kappa shape index (κ1) is 25.9. The zero-order valence-electron chi connectivity index (χ0n) is 20.3. The fourth-order valence-electron chi connectivity index (χ4n) is 3.82. The molecule has 0 saturated carbocycles. The summed E-state index contributed by atoms with van der Waals surface area (Å²) < 4.78 is 20.3. The lowest BCUT2D eigenvalue weighted by molar-refractivity contribution is -0.141. The van der Waals surface area contributed by atoms with Gasteiger partial charge in [0.15, 0.2) is 0 Å². The number of carbonyl (C=O) groups is 2. The van der Waals surface area contributed by atoms with Gasteiger partial charge in [-0.2, -0.15) is 0 Å². The molecule has 0 radical (unpaired) electrons. The maximum absolute atomic E-state index is 14.6. The van der Waals surface area contributed by atoms with Crippen molar-refractivity contribution < 1.29 is 18.7 Å². The van der Waals surface area contributed by atoms with Crippen LogP contribution in [0.5, 0.6) is 5.75 Å². The summed E-state index contributed by atoms with van der Waals surface area (Å²) in [6.45, 7) is 4.13. The second-order valence-corrected chi connectivity index (χ2v) is 8.75. The van der Waals surface area contributed by atoms with Crippen molar-refractivity contribution in [1.29, 1.82) is 0 Å². The molecule has 35 heavy (non-hydrogen) atoms. The summed E-state index contributed by atoms with van der Waals surface area (Å²) in [5.74, 6) is -0.138. The van der Waals surface area contributed by atoms with Crippen LogP contribution in [0.25, 0.3) is 0 Å². The van der Waals surface area contributed by atoms with Crippen molar-refractivity contribution in [3.63, 3.8) is 0 Å². The van der Waals surface area contributed by atoms with Gasteiger partial charge in [-0.1, -0.05) is 66.7 Å². The molecule has 3 aromatic carbocycles. The fourth-order valence-corrected chi connectivity index (χ4v) is 3.82. The third-order valence-electron chi connectivity index (χ3n) is 5.55. The van der Waals surface area contributed by atoms with E-state index >= 15 is 0 Å². The first-order valence-corrected chi connectivity index (χ1v) is 12.0. The highest BCUT2D eigenvalue weighted by Crippen LogP contribution is 2.18. The maximum atomic E-state index is 14.6. The number of hydrogen-bond donors (Lipinski definition) is 1. The smallest absolute Gasteiger partial charge is 0.243 e. The largest absolute Gasteiger partial charge is 0.494 e. The Morgan fingerprint density at radius 2 is 1.54 bits per heavy atom. The van der Waals surface area contributed by atoms with E-state index in [2.05, 4.69) is 5.32 Å². The number of hydrogen-bond acceptors (Lipinski definition) is 3. The van der Waals surface area contributed by atoms with E-state index in [-0.39, 0.29) is 30.8 Å². The second-order valence-electron chi connectivity index (χ2n) is 8.75. The van der Waals surface area contributed by atoms with Crippen molar-refractivity contribution in [2.75, 3.05) is 6.61 Å². The number of benzene rings is 3. The average molecular weight is 477 g/mol. The predicted octanol–water partition coefficient (Wildman–Crippen LogP) is 5.15. The molecule has 0 aromatic heterocycles. The molecule has 1 atom stereocenters. The predicted molar refractivity (Wildman–Crippen MR) is 135 cm³/mol. The minimum atomic E-state index is -0.776. The molecule has 2 amide bonds. The summed E-state index contributed by atoms with van der Waals surface area (Å²) in [4.78, 5) is 28.2. The molecule has 0 heterocycles. The number of amides is 2. The third-order valence-corrected chi connectivity index (χ3v) is 5.55. The minimum Gasteiger partial charge on any atom is -0.494 e. The third kappa shape index (κ3) is 8.25. The zero-order valence-corrected chi connectivity index (χ0v) is 20.3. The van der Waals surface area contributed by atoms with Gasteiger partial charge in [-0.15, -0.1) is 0 Å². The van der Waals surface area contributed by atoms with Crippen LogP contribution in [0.2, 0.25) is 0 Å². The molecule has 1 unspecified atom stereocenters. The number of carbonyl (C=O) groups excluding carboxylic acids is 2. The molecule has 3 aromatic rings. The van der Waals surface area contributed by atoms with Gasteiger partial charge in [0, 0.05) is 31.0 Å². The molecule has 0 bridgehead atoms. The molecule has 0 fully saturated rings. The molecule has 0 spiro atoms. The number of ether oxygens (including phenoxy) is 1. The summed E-state index contributed by atoms with van der Waals surface area (Å²) >= 11 is 0. The molecule has 3 rings (SSSR count). The van der Waals surface area contributed by atoms with E-state index < -0.39 is 11.9 Å². The molecule has 5 nitrogen and oxygen atoms in total. The number of rotatable bonds is 12. The summed E-state index contributed by atoms with van der Waals surface area (Å²) in [5.41, 5.74) is 1.30. The van der Waals surface area contributed by atoms with Crippen LogP contribution in [0, 0.1) is 5.82 Å². The van der Waals surface area contributed by atoms with E-state index in [0.717, 1.165) is 11.3 Å². The van der Waals surface area contributed by atoms with Crippen LogP contribution >= 0.6 is 0 Å². The molecule has 6 heteroatoms. The number of nitrogens with one attached hydrogen (secondary N) is 1. The molecule has 0 saturated heterocycles. The molecular weight excluding hydrogens is 443 g/mol. The van der Waals surface area contributed by atoms with Gasteiger partial charge < -0.3 is 15.0 Å². The van der Waals surface area contributed by atoms with Crippen LogP contribution < -0.4 is 10.1 Å². The highest BCUT2D eigenvalue weighted by atomic mass is 19.1. The van der Waals surface area contributed by atoms with Gasteiger partial charge in [-0.25, -0.2) is 4.39 Å². The summed E-state index contributed by atoms with van der Waals surface area (Å²) in [6, 6.07) is 24.4. The minimum absolute atomic E-state index is 0.00800. The van der Waals surface area contributed by atoms with Crippen molar-refractivity contribution in [3.05, 3.63) is 102 Å². The molecular formula is C29H33FN2O3. The highest BCUT2D eigenvalue weighted by molar-refractivity contribution is 5.88. The van der Waals surface area contributed by atoms with Gasteiger partial charge >= 0.3 is 0 Å². The normalized spacial score (nSPS) is 11.7. The summed E-state index contributed by atoms with van der Waals surface area (Å²) in [5, 5.41) is 2.94. The second kappa shape index (κ2) is 13.3. The quantitative estimate of drug-likeness (QED) is 0.368. The number of halogens is 1. The van der Waals surface area contributed by atoms with Crippen molar-refractivity contribution in [3.8, 4) is 5.75 Å². The van der Waals surface area contributed by atoms with E-state index in [1.165, 1.54) is 11.0 Å². The van der Waals surface area contributed by atoms with Gasteiger partial charge in [0.25, 0.3) is 0 Å². The Morgan fingerprint density at radius 3 is 2.20 bits per heavy atom. The Morgan fingerprint density at radius 1 is 0.914 bits per heavy atom. The van der Waals surface area contributed by atoms with E-state index in [1.54, 1.807) is 18.2 Å². The molecule has 0 aliphatic rings. The lowest BCUT2D eigenvalue weighted by Crippen LogP contribution is -2.51. The van der Waals surface area contributed by atoms with Crippen LogP contribution in [-0.4, -0.2) is 35.4 Å². The number of para-hydroxylation sites is 1. The lowest BCUT2D eigenvalue weighted by atomic mass is 10.0. The molecule has 184 valence electrons. The molecule has 0 aliphatic heterocycles. The Hall–Kier alpha value is -3.67. The maximum Gasteiger partial charge on any atom is 0.243 e. The zero-order chi connectivity index (χ0) is 25.0. The SMILES string of the molecule is CC(C)NC(=O)C(Cc1ccccc1)N(Cc1ccccc1F)C(=O)CCCOc1ccccc1. The van der Waals surface area contributed by atoms with E-state index in [9.17, 15) is 14.0 Å². The van der Waals surface area contributed by atoms with Gasteiger partial charge in [0.2, 0.25) is 11.8 Å². The summed E-state index contributed by atoms with van der Waals surface area (Å²) in [7, 11) is 0. The fraction of sp³-hybridized carbons (Fsp3) is 0.310. The van der Waals surface area contributed by atoms with Gasteiger partial charge in [-0.05, 0) is 44.0 Å². The monoisotopic (exact) mass is 476 g/mol. The van der Waals surface area contributed by atoms with Crippen LogP contribution in [0.3, 0.4) is 0 Å². The molecule has 0 aliphatic carbocycles. The Labute approximate surface area is 206 Å². The van der Waals surface area contributed by atoms with Crippen molar-refractivity contribution in [1.82, 2.24) is 10.2 Å². The van der Waals surface area contributed by atoms with Crippen LogP contribution in [0.15, 0.2) is 84.9 Å². The van der Waals surface area contributed by atoms with Crippen molar-refractivity contribution in [2.24, 2.45) is 0 Å². The Bertz CT molecular complexity index is 1070. The van der Waals surface area contributed by atoms with Crippen molar-refractivity contribution >= 4 is 11.8 Å². The Balaban J connectivity index is 1.80. The van der Waals surface area contributed by atoms with Gasteiger partial charge in [0.05, 0.1) is 6.61 Å². The highest BCUT2D eigenvalue weighted by Gasteiger charge is 2.31. The average Bonchev–Trinajstić information content (AvgIpc) is 2.85. The topological polar surface area (TPSA) is 58.6 Å². The lowest BCUT2D eigenvalue weighted by Gasteiger charge is -2.32. The van der Waals surface area contributed by atoms with Crippen LogP contribution in [0.1, 0.15) is 37.8 Å². The first-order chi connectivity index (χ1) is 16.9. The Kier molecular flexibility index (Phi) is 9.84. The van der Waals surface area contributed by atoms with Gasteiger partial charge in [0.1, 0.15) is 17.6 Å². The van der Waals surface area contributed by atoms with E-state index in [4.69, 9.17) is 4.74 Å². The first-order valence-electron chi connectivity index (χ1n) is 12.0. The van der Waals surface area contributed by atoms with Crippen molar-refractivity contribution in [2.45, 2.75) is 51.7 Å². The van der Waals surface area contributed by atoms with Crippen LogP contribution in [-0.2, 0) is 22.6 Å². The summed E-state index contributed by atoms with van der Waals surface area (Å²) in [6.07, 6.45) is 0.993. The van der Waals surface area contributed by atoms with Gasteiger partial charge in [-0.3, -0.25) is 9.59 Å². The standard InChI is InChI=1S/C29H33FN2O3/c1-22(2)31-29(34)27(20-23-12-5-3-6-13-23)32(21-24-14-9-10-17-26(24)30)28(33)18-11-19-35-25-15-7-4-8-16-25/h3-10,12-17,22,27H,11,18-21H2,1-2H3,(H,31,34). The van der Waals surface area contributed by atoms with E-state index in [1.807, 2.05) is 74.5 Å². The molecule has 1 N–H and O–H groups in total. The van der Waals surface area contributed by atoms with E-state index in [0.29, 0.717) is 25.0 Å². The van der Waals surface area contributed by atoms with Crippen LogP contribution in [0.4, 0.5) is 4.39 Å². The number of nitrogens with zero attached hydrogens (tertiary/aromatic N) is 1.